The van der Waals surface area contributed by atoms with Gasteiger partial charge in [-0.15, -0.1) is 0 Å². The van der Waals surface area contributed by atoms with Gasteiger partial charge in [0, 0.05) is 25.7 Å². The van der Waals surface area contributed by atoms with Crippen molar-refractivity contribution in [1.29, 1.82) is 0 Å². The van der Waals surface area contributed by atoms with E-state index in [0.717, 1.165) is 37.8 Å². The maximum Gasteiger partial charge on any atom is 0.313 e. The van der Waals surface area contributed by atoms with Gasteiger partial charge in [-0.2, -0.15) is 0 Å². The highest BCUT2D eigenvalue weighted by atomic mass is 19.1. The molecule has 2 amide bonds. The molecule has 1 aliphatic rings. The molecule has 126 valence electrons. The number of morpholine rings is 1. The number of benzene rings is 1. The maximum absolute atomic E-state index is 13.4. The summed E-state index contributed by atoms with van der Waals surface area (Å²) in [5, 5.41) is 4.50. The third kappa shape index (κ3) is 5.57. The van der Waals surface area contributed by atoms with Crippen molar-refractivity contribution >= 4 is 17.5 Å². The molecule has 2 N–H and O–H groups in total. The van der Waals surface area contributed by atoms with Crippen LogP contribution < -0.4 is 10.6 Å². The van der Waals surface area contributed by atoms with Gasteiger partial charge >= 0.3 is 11.8 Å². The number of hydrogen-bond donors (Lipinski definition) is 2. The van der Waals surface area contributed by atoms with Gasteiger partial charge < -0.3 is 15.4 Å². The lowest BCUT2D eigenvalue weighted by atomic mass is 10.3. The molecular formula is C15H19F2N3O3. The average molecular weight is 327 g/mol. The summed E-state index contributed by atoms with van der Waals surface area (Å²) in [4.78, 5) is 25.5. The Bertz CT molecular complexity index is 563. The summed E-state index contributed by atoms with van der Waals surface area (Å²) < 4.78 is 31.6. The van der Waals surface area contributed by atoms with E-state index >= 15 is 0 Å². The van der Waals surface area contributed by atoms with Crippen molar-refractivity contribution in [1.82, 2.24) is 10.2 Å². The first-order valence-electron chi connectivity index (χ1n) is 7.40. The largest absolute Gasteiger partial charge is 0.379 e. The van der Waals surface area contributed by atoms with E-state index in [4.69, 9.17) is 4.74 Å². The molecule has 1 aromatic rings. The first kappa shape index (κ1) is 17.3. The van der Waals surface area contributed by atoms with Crippen molar-refractivity contribution in [2.24, 2.45) is 0 Å². The summed E-state index contributed by atoms with van der Waals surface area (Å²) in [6.07, 6.45) is 0.688. The van der Waals surface area contributed by atoms with Crippen LogP contribution in [0, 0.1) is 11.6 Å². The molecule has 0 bridgehead atoms. The fourth-order valence-corrected chi connectivity index (χ4v) is 2.18. The van der Waals surface area contributed by atoms with Gasteiger partial charge in [0.15, 0.2) is 0 Å². The summed E-state index contributed by atoms with van der Waals surface area (Å²) in [7, 11) is 0. The third-order valence-corrected chi connectivity index (χ3v) is 3.42. The van der Waals surface area contributed by atoms with Gasteiger partial charge in [0.1, 0.15) is 11.6 Å². The molecule has 1 heterocycles. The number of anilines is 1. The van der Waals surface area contributed by atoms with Crippen LogP contribution in [-0.4, -0.2) is 56.1 Å². The average Bonchev–Trinajstić information content (AvgIpc) is 2.55. The zero-order valence-corrected chi connectivity index (χ0v) is 12.6. The number of amides is 2. The fraction of sp³-hybridized carbons (Fsp3) is 0.467. The molecule has 0 radical (unpaired) electrons. The van der Waals surface area contributed by atoms with Gasteiger partial charge in [0.05, 0.1) is 18.9 Å². The highest BCUT2D eigenvalue weighted by molar-refractivity contribution is 6.39. The Kier molecular flexibility index (Phi) is 6.42. The van der Waals surface area contributed by atoms with Gasteiger partial charge in [-0.25, -0.2) is 8.78 Å². The number of hydrogen-bond acceptors (Lipinski definition) is 4. The minimum Gasteiger partial charge on any atom is -0.379 e. The maximum atomic E-state index is 13.4. The van der Waals surface area contributed by atoms with Crippen LogP contribution in [0.4, 0.5) is 14.5 Å². The quantitative estimate of drug-likeness (QED) is 0.618. The lowest BCUT2D eigenvalue weighted by molar-refractivity contribution is -0.136. The van der Waals surface area contributed by atoms with Crippen LogP contribution >= 0.6 is 0 Å². The van der Waals surface area contributed by atoms with E-state index in [9.17, 15) is 18.4 Å². The molecule has 1 fully saturated rings. The van der Waals surface area contributed by atoms with Crippen LogP contribution in [0.25, 0.3) is 0 Å². The summed E-state index contributed by atoms with van der Waals surface area (Å²) in [5.74, 6) is -3.41. The van der Waals surface area contributed by atoms with Crippen LogP contribution in [0.3, 0.4) is 0 Å². The molecule has 23 heavy (non-hydrogen) atoms. The number of halogens is 2. The lowest BCUT2D eigenvalue weighted by Gasteiger charge is -2.26. The molecule has 2 rings (SSSR count). The van der Waals surface area contributed by atoms with E-state index in [1.807, 2.05) is 5.32 Å². The Morgan fingerprint density at radius 3 is 2.65 bits per heavy atom. The normalized spacial score (nSPS) is 15.2. The minimum absolute atomic E-state index is 0.329. The highest BCUT2D eigenvalue weighted by Gasteiger charge is 2.16. The van der Waals surface area contributed by atoms with E-state index in [1.165, 1.54) is 0 Å². The first-order valence-corrected chi connectivity index (χ1v) is 7.40. The molecule has 1 saturated heterocycles. The Balaban J connectivity index is 1.70. The van der Waals surface area contributed by atoms with E-state index < -0.39 is 23.4 Å². The Labute approximate surface area is 132 Å². The molecule has 6 nitrogen and oxygen atoms in total. The van der Waals surface area contributed by atoms with Crippen LogP contribution in [0.15, 0.2) is 18.2 Å². The third-order valence-electron chi connectivity index (χ3n) is 3.42. The van der Waals surface area contributed by atoms with Crippen LogP contribution in [0.1, 0.15) is 6.42 Å². The predicted octanol–water partition coefficient (Wildman–Crippen LogP) is 0.742. The second kappa shape index (κ2) is 8.54. The molecule has 0 atom stereocenters. The summed E-state index contributed by atoms with van der Waals surface area (Å²) in [6, 6.07) is 2.63. The summed E-state index contributed by atoms with van der Waals surface area (Å²) in [6.45, 7) is 4.24. The van der Waals surface area contributed by atoms with Gasteiger partial charge in [-0.1, -0.05) is 0 Å². The first-order chi connectivity index (χ1) is 11.1. The standard InChI is InChI=1S/C15H19F2N3O3/c16-11-2-3-12(17)13(10-11)19-15(22)14(21)18-4-1-5-20-6-8-23-9-7-20/h2-3,10H,1,4-9H2,(H,18,21)(H,19,22). The number of rotatable bonds is 5. The zero-order valence-electron chi connectivity index (χ0n) is 12.6. The summed E-state index contributed by atoms with van der Waals surface area (Å²) >= 11 is 0. The van der Waals surface area contributed by atoms with Gasteiger partial charge in [-0.05, 0) is 25.1 Å². The van der Waals surface area contributed by atoms with E-state index in [0.29, 0.717) is 26.2 Å². The SMILES string of the molecule is O=C(NCCCN1CCOCC1)C(=O)Nc1cc(F)ccc1F. The molecule has 0 spiro atoms. The molecule has 1 aliphatic heterocycles. The van der Waals surface area contributed by atoms with Crippen molar-refractivity contribution in [3.8, 4) is 0 Å². The molecule has 0 unspecified atom stereocenters. The van der Waals surface area contributed by atoms with E-state index in [2.05, 4.69) is 10.2 Å². The number of ether oxygens (including phenoxy) is 1. The van der Waals surface area contributed by atoms with Crippen LogP contribution in [0.2, 0.25) is 0 Å². The molecule has 0 aliphatic carbocycles. The molecule has 1 aromatic carbocycles. The van der Waals surface area contributed by atoms with Gasteiger partial charge in [0.25, 0.3) is 0 Å². The summed E-state index contributed by atoms with van der Waals surface area (Å²) in [5.41, 5.74) is -0.363. The van der Waals surface area contributed by atoms with Crippen molar-refractivity contribution in [3.63, 3.8) is 0 Å². The second-order valence-corrected chi connectivity index (χ2v) is 5.14. The van der Waals surface area contributed by atoms with Crippen molar-refractivity contribution in [3.05, 3.63) is 29.8 Å². The van der Waals surface area contributed by atoms with Crippen molar-refractivity contribution in [2.45, 2.75) is 6.42 Å². The van der Waals surface area contributed by atoms with Crippen LogP contribution in [-0.2, 0) is 14.3 Å². The van der Waals surface area contributed by atoms with E-state index in [-0.39, 0.29) is 5.69 Å². The number of nitrogens with one attached hydrogen (secondary N) is 2. The number of carbonyl (C=O) groups excluding carboxylic acids is 2. The molecular weight excluding hydrogens is 308 g/mol. The molecule has 8 heteroatoms. The molecule has 0 aromatic heterocycles. The fourth-order valence-electron chi connectivity index (χ4n) is 2.18. The lowest BCUT2D eigenvalue weighted by Crippen LogP contribution is -2.39. The van der Waals surface area contributed by atoms with Crippen LogP contribution in [0.5, 0.6) is 0 Å². The van der Waals surface area contributed by atoms with Crippen molar-refractivity contribution < 1.29 is 23.1 Å². The smallest absolute Gasteiger partial charge is 0.313 e. The number of nitrogens with zero attached hydrogens (tertiary/aromatic N) is 1. The number of carbonyl (C=O) groups is 2. The van der Waals surface area contributed by atoms with E-state index in [1.54, 1.807) is 0 Å². The minimum atomic E-state index is -1.03. The van der Waals surface area contributed by atoms with Crippen molar-refractivity contribution in [2.75, 3.05) is 44.7 Å². The Hall–Kier alpha value is -2.06. The van der Waals surface area contributed by atoms with Gasteiger partial charge in [0.2, 0.25) is 0 Å². The second-order valence-electron chi connectivity index (χ2n) is 5.14. The zero-order chi connectivity index (χ0) is 16.7. The highest BCUT2D eigenvalue weighted by Crippen LogP contribution is 2.14. The Morgan fingerprint density at radius 2 is 1.91 bits per heavy atom. The topological polar surface area (TPSA) is 70.7 Å². The monoisotopic (exact) mass is 327 g/mol. The predicted molar refractivity (Wildman–Crippen MR) is 79.9 cm³/mol. The molecule has 0 saturated carbocycles. The Morgan fingerprint density at radius 1 is 1.17 bits per heavy atom. The van der Waals surface area contributed by atoms with Gasteiger partial charge in [-0.3, -0.25) is 14.5 Å².